The van der Waals surface area contributed by atoms with E-state index in [2.05, 4.69) is 0 Å². The van der Waals surface area contributed by atoms with E-state index in [0.29, 0.717) is 0 Å². The molecule has 6 fully saturated rings. The fraction of sp³-hybridized carbons (Fsp3) is 1.00. The Balaban J connectivity index is 1.33. The fourth-order valence-corrected chi connectivity index (χ4v) is 8.49. The van der Waals surface area contributed by atoms with Crippen LogP contribution in [-0.4, -0.2) is 326 Å². The second-order valence-corrected chi connectivity index (χ2v) is 16.8. The summed E-state index contributed by atoms with van der Waals surface area (Å²) in [5.74, 6) is -2.66. The van der Waals surface area contributed by atoms with Crippen molar-refractivity contribution in [2.45, 2.75) is 178 Å². The number of ether oxygens (including phenoxy) is 11. The minimum Gasteiger partial charge on any atom is -0.394 e. The molecule has 31 heteroatoms. The molecule has 0 unspecified atom stereocenters. The maximum absolute atomic E-state index is 11.5. The predicted octanol–water partition coefficient (Wildman–Crippen LogP) is -14.1. The highest BCUT2D eigenvalue weighted by atomic mass is 16.8. The van der Waals surface area contributed by atoms with Gasteiger partial charge >= 0.3 is 0 Å². The van der Waals surface area contributed by atoms with Crippen molar-refractivity contribution in [1.29, 1.82) is 0 Å². The molecule has 0 amide bonds. The topological polar surface area (TPSA) is 506 Å². The van der Waals surface area contributed by atoms with Crippen LogP contribution in [0.4, 0.5) is 0 Å². The number of aliphatic hydroxyl groups excluding tert-OH is 20. The maximum atomic E-state index is 11.5. The summed E-state index contributed by atoms with van der Waals surface area (Å²) in [6, 6.07) is 0. The summed E-state index contributed by atoms with van der Waals surface area (Å²) in [4.78, 5) is 0. The van der Waals surface area contributed by atoms with Gasteiger partial charge in [0.05, 0.1) is 39.6 Å². The van der Waals surface area contributed by atoms with Crippen LogP contribution >= 0.6 is 0 Å². The molecule has 0 saturated carbocycles. The molecule has 67 heavy (non-hydrogen) atoms. The second-order valence-electron chi connectivity index (χ2n) is 16.8. The van der Waals surface area contributed by atoms with Crippen LogP contribution in [0.3, 0.4) is 0 Å². The number of hydrogen-bond donors (Lipinski definition) is 20. The Hall–Kier alpha value is -1.24. The quantitative estimate of drug-likeness (QED) is 0.0643. The summed E-state index contributed by atoms with van der Waals surface area (Å²) >= 11 is 0. The third kappa shape index (κ3) is 10.8. The first-order valence-corrected chi connectivity index (χ1v) is 21.1. The minimum atomic E-state index is -2.66. The van der Waals surface area contributed by atoms with Crippen molar-refractivity contribution in [3.05, 3.63) is 0 Å². The van der Waals surface area contributed by atoms with Gasteiger partial charge in [-0.2, -0.15) is 0 Å². The molecule has 0 aromatic rings. The molecule has 0 spiro atoms. The van der Waals surface area contributed by atoms with Gasteiger partial charge in [-0.05, 0) is 0 Å². The van der Waals surface area contributed by atoms with Gasteiger partial charge in [-0.25, -0.2) is 0 Å². The monoisotopic (exact) mass is 990 g/mol. The van der Waals surface area contributed by atoms with Gasteiger partial charge in [-0.1, -0.05) is 0 Å². The highest BCUT2D eigenvalue weighted by Crippen LogP contribution is 2.40. The first-order chi connectivity index (χ1) is 31.8. The molecule has 29 atom stereocenters. The van der Waals surface area contributed by atoms with Crippen LogP contribution in [0.2, 0.25) is 0 Å². The highest BCUT2D eigenvalue weighted by Gasteiger charge is 2.61. The highest BCUT2D eigenvalue weighted by molar-refractivity contribution is 5.01. The van der Waals surface area contributed by atoms with Gasteiger partial charge < -0.3 is 154 Å². The van der Waals surface area contributed by atoms with Crippen LogP contribution in [0, 0.1) is 0 Å². The van der Waals surface area contributed by atoms with Crippen molar-refractivity contribution in [2.75, 3.05) is 46.2 Å². The van der Waals surface area contributed by atoms with Gasteiger partial charge in [0.1, 0.15) is 147 Å². The summed E-state index contributed by atoms with van der Waals surface area (Å²) in [5.41, 5.74) is 0. The van der Waals surface area contributed by atoms with E-state index in [1.54, 1.807) is 0 Å². The van der Waals surface area contributed by atoms with E-state index in [1.165, 1.54) is 0 Å². The predicted molar refractivity (Wildman–Crippen MR) is 199 cm³/mol. The van der Waals surface area contributed by atoms with Gasteiger partial charge in [0.15, 0.2) is 31.5 Å². The Labute approximate surface area is 378 Å². The minimum absolute atomic E-state index is 0.909. The van der Waals surface area contributed by atoms with E-state index in [9.17, 15) is 102 Å². The lowest BCUT2D eigenvalue weighted by atomic mass is 9.95. The summed E-state index contributed by atoms with van der Waals surface area (Å²) < 4.78 is 62.6. The van der Waals surface area contributed by atoms with Crippen molar-refractivity contribution in [2.24, 2.45) is 0 Å². The van der Waals surface area contributed by atoms with Crippen LogP contribution in [-0.2, 0) is 52.1 Å². The van der Waals surface area contributed by atoms with E-state index in [1.807, 2.05) is 0 Å². The molecule has 6 heterocycles. The van der Waals surface area contributed by atoms with Gasteiger partial charge in [-0.3, -0.25) is 0 Å². The van der Waals surface area contributed by atoms with Gasteiger partial charge in [-0.15, -0.1) is 0 Å². The summed E-state index contributed by atoms with van der Waals surface area (Å²) in [6.45, 7) is -7.21. The van der Waals surface area contributed by atoms with E-state index in [-0.39, 0.29) is 0 Å². The Morgan fingerprint density at radius 3 is 0.896 bits per heavy atom. The second kappa shape index (κ2) is 23.1. The molecule has 31 nitrogen and oxygen atoms in total. The molecule has 0 aromatic carbocycles. The average molecular weight is 991 g/mol. The molecule has 20 N–H and O–H groups in total. The Morgan fingerprint density at radius 2 is 0.582 bits per heavy atom. The zero-order chi connectivity index (χ0) is 49.4. The van der Waals surface area contributed by atoms with E-state index >= 15 is 0 Å². The molecule has 6 saturated heterocycles. The Bertz CT molecular complexity index is 1520. The van der Waals surface area contributed by atoms with E-state index in [0.717, 1.165) is 0 Å². The van der Waals surface area contributed by atoms with Crippen LogP contribution in [0.5, 0.6) is 0 Å². The molecule has 0 radical (unpaired) electrons. The molecule has 6 aliphatic rings. The van der Waals surface area contributed by atoms with Crippen LogP contribution in [0.1, 0.15) is 0 Å². The number of rotatable bonds is 17. The third-order valence-electron chi connectivity index (χ3n) is 12.5. The number of aliphatic hydroxyl groups is 20. The fourth-order valence-electron chi connectivity index (χ4n) is 8.49. The summed E-state index contributed by atoms with van der Waals surface area (Å²) in [6.07, 6.45) is -56.6. The van der Waals surface area contributed by atoms with Crippen molar-refractivity contribution < 1.29 is 154 Å². The zero-order valence-electron chi connectivity index (χ0n) is 35.1. The van der Waals surface area contributed by atoms with Gasteiger partial charge in [0, 0.05) is 0 Å². The lowest BCUT2D eigenvalue weighted by molar-refractivity contribution is -0.424. The normalized spacial score (nSPS) is 53.2. The molecular formula is C36H62O31. The lowest BCUT2D eigenvalue weighted by Crippen LogP contribution is -2.69. The molecule has 6 rings (SSSR count). The smallest absolute Gasteiger partial charge is 0.224 e. The van der Waals surface area contributed by atoms with Gasteiger partial charge in [0.2, 0.25) is 5.79 Å². The standard InChI is InChI=1S/C36H62O31/c37-1-8-14(44)20(50)25(55)31(57-8)62-26-21(51)15(45)9(2-38)58-32(26)63-27-22(52)16(46)10(3-39)59-33(27)64-28-23(53)17(47)11(4-40)60-34(28)65-29-24(54)18(48)12(5-41)61-35(29)67-36(7-43)30(56)19(49)13(6-42)66-36/h8-35,37-56H,1-7H2/t8-,9-,10-,11-,12+,13+,14+,15+,16+,17+,18+,19-,20+,21-,22-,23-,24-,25-,26-,27-,28-,29-,30+,31+,32+,33+,34+,35+,36-/m0/s1. The van der Waals surface area contributed by atoms with Crippen molar-refractivity contribution in [3.63, 3.8) is 0 Å². The largest absolute Gasteiger partial charge is 0.394 e. The van der Waals surface area contributed by atoms with Crippen molar-refractivity contribution >= 4 is 0 Å². The van der Waals surface area contributed by atoms with E-state index < -0.39 is 224 Å². The Kier molecular flexibility index (Phi) is 19.0. The zero-order valence-corrected chi connectivity index (χ0v) is 35.1. The van der Waals surface area contributed by atoms with Crippen LogP contribution in [0.25, 0.3) is 0 Å². The lowest BCUT2D eigenvalue weighted by Gasteiger charge is -2.50. The van der Waals surface area contributed by atoms with Gasteiger partial charge in [0.25, 0.3) is 0 Å². The number of hydrogen-bond acceptors (Lipinski definition) is 31. The molecule has 0 aromatic heterocycles. The molecule has 6 aliphatic heterocycles. The molecular weight excluding hydrogens is 928 g/mol. The van der Waals surface area contributed by atoms with E-state index in [4.69, 9.17) is 52.1 Å². The maximum Gasteiger partial charge on any atom is 0.224 e. The molecule has 392 valence electrons. The first kappa shape index (κ1) is 55.1. The third-order valence-corrected chi connectivity index (χ3v) is 12.5. The van der Waals surface area contributed by atoms with Crippen molar-refractivity contribution in [1.82, 2.24) is 0 Å². The summed E-state index contributed by atoms with van der Waals surface area (Å²) in [7, 11) is 0. The van der Waals surface area contributed by atoms with Crippen LogP contribution in [0.15, 0.2) is 0 Å². The molecule has 0 aliphatic carbocycles. The average Bonchev–Trinajstić information content (AvgIpc) is 3.57. The SMILES string of the molecule is OC[C@@H]1O[C@H](O[C@@H]2[C@@H](O[C@@H]3[C@@H](O[C@@H]4[C@@H](O[C@@H]5[C@@H](O[C@]6(CO)O[C@H](CO)[C@H](O)[C@H]6O)O[C@H](CO)[C@@H](O)[C@@H]5O)O[C@@H](CO)[C@@H](O)[C@@H]4O)O[C@@H](CO)[C@@H](O)[C@@H]3O)O[C@@H](CO)[C@@H](O)[C@@H]2O)[C@@H](O)[C@H](O)[C@@H]1O. The van der Waals surface area contributed by atoms with Crippen LogP contribution < -0.4 is 0 Å². The summed E-state index contributed by atoms with van der Waals surface area (Å²) in [5, 5.41) is 211. The molecule has 0 bridgehead atoms. The Morgan fingerprint density at radius 1 is 0.299 bits per heavy atom. The van der Waals surface area contributed by atoms with Crippen molar-refractivity contribution in [3.8, 4) is 0 Å². The first-order valence-electron chi connectivity index (χ1n) is 21.1.